The summed E-state index contributed by atoms with van der Waals surface area (Å²) in [5, 5.41) is 7.59. The van der Waals surface area contributed by atoms with Crippen LogP contribution in [0.5, 0.6) is 0 Å². The highest BCUT2D eigenvalue weighted by molar-refractivity contribution is 5.83. The Balaban J connectivity index is 1.37. The monoisotopic (exact) mass is 430 g/mol. The van der Waals surface area contributed by atoms with Gasteiger partial charge in [-0.05, 0) is 82.4 Å². The summed E-state index contributed by atoms with van der Waals surface area (Å²) in [6.45, 7) is 7.31. The summed E-state index contributed by atoms with van der Waals surface area (Å²) in [7, 11) is 0. The Kier molecular flexibility index (Phi) is 8.70. The lowest BCUT2D eigenvalue weighted by Crippen LogP contribution is -2.39. The van der Waals surface area contributed by atoms with Gasteiger partial charge in [0.15, 0.2) is 5.96 Å². The first kappa shape index (κ1) is 23.1. The quantitative estimate of drug-likeness (QED) is 0.264. The van der Waals surface area contributed by atoms with Gasteiger partial charge in [0, 0.05) is 42.7 Å². The average molecular weight is 431 g/mol. The van der Waals surface area contributed by atoms with E-state index in [0.29, 0.717) is 0 Å². The van der Waals surface area contributed by atoms with Gasteiger partial charge in [-0.3, -0.25) is 9.79 Å². The van der Waals surface area contributed by atoms with E-state index >= 15 is 0 Å². The predicted octanol–water partition coefficient (Wildman–Crippen LogP) is 2.38. The Morgan fingerprint density at radius 1 is 1.29 bits per heavy atom. The standard InChI is InChI=1S/C23H35FN6O/c1-2-26-23(27-10-3-4-12-30-13-8-17(9-14-30)22(25)31)28-11-7-18-16-29-21-6-5-19(24)15-20(18)21/h5-6,15-17,29H,2-4,7-14H2,1H3,(H2,25,31)(H2,26,27,28). The Morgan fingerprint density at radius 3 is 2.84 bits per heavy atom. The minimum absolute atomic E-state index is 0.0536. The molecule has 0 bridgehead atoms. The number of piperidine rings is 1. The molecule has 1 aliphatic heterocycles. The van der Waals surface area contributed by atoms with Gasteiger partial charge >= 0.3 is 0 Å². The molecule has 8 heteroatoms. The number of nitrogens with zero attached hydrogens (tertiary/aromatic N) is 2. The molecule has 0 aliphatic carbocycles. The minimum Gasteiger partial charge on any atom is -0.369 e. The van der Waals surface area contributed by atoms with Crippen molar-refractivity contribution >= 4 is 22.8 Å². The molecule has 3 rings (SSSR count). The molecule has 1 saturated heterocycles. The molecule has 0 saturated carbocycles. The number of nitrogens with one attached hydrogen (secondary N) is 3. The van der Waals surface area contributed by atoms with E-state index in [-0.39, 0.29) is 17.6 Å². The van der Waals surface area contributed by atoms with Crippen LogP contribution in [0.2, 0.25) is 0 Å². The van der Waals surface area contributed by atoms with Crippen molar-refractivity contribution in [2.24, 2.45) is 16.6 Å². The van der Waals surface area contributed by atoms with Gasteiger partial charge in [0.2, 0.25) is 5.91 Å². The molecule has 31 heavy (non-hydrogen) atoms. The SMILES string of the molecule is CCNC(=NCCCCN1CCC(C(N)=O)CC1)NCCc1c[nH]c2ccc(F)cc12. The first-order valence-electron chi connectivity index (χ1n) is 11.4. The van der Waals surface area contributed by atoms with Crippen LogP contribution in [0.25, 0.3) is 10.9 Å². The topological polar surface area (TPSA) is 98.5 Å². The van der Waals surface area contributed by atoms with Crippen molar-refractivity contribution in [3.63, 3.8) is 0 Å². The number of carbonyl (C=O) groups excluding carboxylic acids is 1. The smallest absolute Gasteiger partial charge is 0.220 e. The summed E-state index contributed by atoms with van der Waals surface area (Å²) in [5.74, 6) is 0.497. The van der Waals surface area contributed by atoms with Crippen molar-refractivity contribution in [3.05, 3.63) is 35.8 Å². The van der Waals surface area contributed by atoms with Gasteiger partial charge in [-0.2, -0.15) is 0 Å². The second-order valence-electron chi connectivity index (χ2n) is 8.17. The predicted molar refractivity (Wildman–Crippen MR) is 124 cm³/mol. The lowest BCUT2D eigenvalue weighted by atomic mass is 9.96. The van der Waals surface area contributed by atoms with E-state index in [0.717, 1.165) is 93.8 Å². The maximum Gasteiger partial charge on any atom is 0.220 e. The van der Waals surface area contributed by atoms with Crippen LogP contribution < -0.4 is 16.4 Å². The molecule has 0 spiro atoms. The van der Waals surface area contributed by atoms with Crippen molar-refractivity contribution in [2.45, 2.75) is 39.0 Å². The number of amides is 1. The number of guanidine groups is 1. The third-order valence-corrected chi connectivity index (χ3v) is 5.90. The molecular weight excluding hydrogens is 395 g/mol. The molecule has 0 atom stereocenters. The fourth-order valence-corrected chi connectivity index (χ4v) is 4.09. The summed E-state index contributed by atoms with van der Waals surface area (Å²) in [5.41, 5.74) is 7.45. The van der Waals surface area contributed by atoms with Crippen LogP contribution in [0, 0.1) is 11.7 Å². The molecule has 2 heterocycles. The Hall–Kier alpha value is -2.61. The fourth-order valence-electron chi connectivity index (χ4n) is 4.09. The summed E-state index contributed by atoms with van der Waals surface area (Å²) in [6, 6.07) is 4.82. The number of aromatic amines is 1. The maximum absolute atomic E-state index is 13.5. The van der Waals surface area contributed by atoms with Gasteiger partial charge in [0.25, 0.3) is 0 Å². The van der Waals surface area contributed by atoms with E-state index in [2.05, 4.69) is 32.4 Å². The van der Waals surface area contributed by atoms with E-state index in [1.165, 1.54) is 6.07 Å². The molecule has 0 radical (unpaired) electrons. The highest BCUT2D eigenvalue weighted by Crippen LogP contribution is 2.19. The van der Waals surface area contributed by atoms with Crippen LogP contribution in [0.4, 0.5) is 4.39 Å². The zero-order chi connectivity index (χ0) is 22.1. The molecule has 2 aromatic rings. The van der Waals surface area contributed by atoms with E-state index < -0.39 is 0 Å². The maximum atomic E-state index is 13.5. The third kappa shape index (κ3) is 6.95. The van der Waals surface area contributed by atoms with Crippen LogP contribution in [-0.4, -0.2) is 61.0 Å². The second-order valence-corrected chi connectivity index (χ2v) is 8.17. The largest absolute Gasteiger partial charge is 0.369 e. The molecule has 1 fully saturated rings. The number of hydrogen-bond acceptors (Lipinski definition) is 3. The first-order valence-corrected chi connectivity index (χ1v) is 11.4. The molecule has 0 unspecified atom stereocenters. The molecule has 170 valence electrons. The van der Waals surface area contributed by atoms with Crippen LogP contribution in [0.15, 0.2) is 29.4 Å². The fraction of sp³-hybridized carbons (Fsp3) is 0.565. The lowest BCUT2D eigenvalue weighted by molar-refractivity contribution is -0.123. The van der Waals surface area contributed by atoms with Crippen molar-refractivity contribution in [2.75, 3.05) is 39.3 Å². The van der Waals surface area contributed by atoms with E-state index in [9.17, 15) is 9.18 Å². The summed E-state index contributed by atoms with van der Waals surface area (Å²) in [6.07, 6.45) is 6.60. The number of H-pyrrole nitrogens is 1. The number of fused-ring (bicyclic) bond motifs is 1. The van der Waals surface area contributed by atoms with Gasteiger partial charge in [0.05, 0.1) is 0 Å². The summed E-state index contributed by atoms with van der Waals surface area (Å²) < 4.78 is 13.5. The number of nitrogens with two attached hydrogens (primary N) is 1. The Morgan fingerprint density at radius 2 is 2.10 bits per heavy atom. The van der Waals surface area contributed by atoms with Crippen LogP contribution >= 0.6 is 0 Å². The van der Waals surface area contributed by atoms with Gasteiger partial charge < -0.3 is 26.3 Å². The normalized spacial score (nSPS) is 16.0. The molecular formula is C23H35FN6O. The number of hydrogen-bond donors (Lipinski definition) is 4. The lowest BCUT2D eigenvalue weighted by Gasteiger charge is -2.30. The van der Waals surface area contributed by atoms with Crippen LogP contribution in [-0.2, 0) is 11.2 Å². The molecule has 1 aliphatic rings. The van der Waals surface area contributed by atoms with Gasteiger partial charge in [-0.25, -0.2) is 4.39 Å². The number of likely N-dealkylation sites (tertiary alicyclic amines) is 1. The Bertz CT molecular complexity index is 872. The number of unbranched alkanes of at least 4 members (excludes halogenated alkanes) is 1. The number of rotatable bonds is 10. The van der Waals surface area contributed by atoms with Gasteiger partial charge in [-0.1, -0.05) is 0 Å². The molecule has 1 aromatic heterocycles. The van der Waals surface area contributed by atoms with Crippen LogP contribution in [0.1, 0.15) is 38.2 Å². The summed E-state index contributed by atoms with van der Waals surface area (Å²) in [4.78, 5) is 21.5. The van der Waals surface area contributed by atoms with E-state index in [1.807, 2.05) is 6.20 Å². The first-order chi connectivity index (χ1) is 15.1. The van der Waals surface area contributed by atoms with Crippen LogP contribution in [0.3, 0.4) is 0 Å². The number of aliphatic imine (C=N–C) groups is 1. The van der Waals surface area contributed by atoms with Gasteiger partial charge in [-0.15, -0.1) is 0 Å². The number of primary amides is 1. The van der Waals surface area contributed by atoms with Crippen molar-refractivity contribution < 1.29 is 9.18 Å². The zero-order valence-corrected chi connectivity index (χ0v) is 18.4. The number of aromatic nitrogens is 1. The highest BCUT2D eigenvalue weighted by Gasteiger charge is 2.22. The van der Waals surface area contributed by atoms with Gasteiger partial charge in [0.1, 0.15) is 5.82 Å². The zero-order valence-electron chi connectivity index (χ0n) is 18.4. The number of carbonyl (C=O) groups is 1. The number of benzene rings is 1. The van der Waals surface area contributed by atoms with E-state index in [4.69, 9.17) is 5.73 Å². The Labute approximate surface area is 183 Å². The molecule has 7 nitrogen and oxygen atoms in total. The number of halogens is 1. The summed E-state index contributed by atoms with van der Waals surface area (Å²) >= 11 is 0. The van der Waals surface area contributed by atoms with E-state index in [1.54, 1.807) is 12.1 Å². The second kappa shape index (κ2) is 11.7. The van der Waals surface area contributed by atoms with Crippen molar-refractivity contribution in [1.29, 1.82) is 0 Å². The van der Waals surface area contributed by atoms with Crippen molar-refractivity contribution in [3.8, 4) is 0 Å². The minimum atomic E-state index is -0.214. The molecule has 1 amide bonds. The average Bonchev–Trinajstić information content (AvgIpc) is 3.16. The molecule has 5 N–H and O–H groups in total. The van der Waals surface area contributed by atoms with Crippen molar-refractivity contribution in [1.82, 2.24) is 20.5 Å². The molecule has 1 aromatic carbocycles. The third-order valence-electron chi connectivity index (χ3n) is 5.90. The highest BCUT2D eigenvalue weighted by atomic mass is 19.1.